The van der Waals surface area contributed by atoms with Crippen molar-refractivity contribution in [3.8, 4) is 5.75 Å². The van der Waals surface area contributed by atoms with Gasteiger partial charge >= 0.3 is 0 Å². The smallest absolute Gasteiger partial charge is 0.227 e. The fourth-order valence-electron chi connectivity index (χ4n) is 4.58. The lowest BCUT2D eigenvalue weighted by Crippen LogP contribution is -2.34. The second kappa shape index (κ2) is 9.27. The summed E-state index contributed by atoms with van der Waals surface area (Å²) in [4.78, 5) is 16.6. The number of rotatable bonds is 9. The molecule has 0 aromatic heterocycles. The highest BCUT2D eigenvalue weighted by Crippen LogP contribution is 2.29. The molecule has 1 aliphatic carbocycles. The van der Waals surface area contributed by atoms with Crippen LogP contribution in [0, 0.1) is 0 Å². The number of nitrogens with one attached hydrogen (secondary N) is 1. The molecule has 154 valence electrons. The van der Waals surface area contributed by atoms with Crippen molar-refractivity contribution in [3.05, 3.63) is 23.8 Å². The summed E-state index contributed by atoms with van der Waals surface area (Å²) in [6.45, 7) is 7.09. The van der Waals surface area contributed by atoms with Gasteiger partial charge in [-0.3, -0.25) is 4.79 Å². The Morgan fingerprint density at radius 2 is 2.04 bits per heavy atom. The minimum Gasteiger partial charge on any atom is -0.493 e. The molecule has 3 aliphatic rings. The summed E-state index contributed by atoms with van der Waals surface area (Å²) in [6, 6.07) is 7.64. The number of likely N-dealkylation sites (tertiary alicyclic amines) is 1. The van der Waals surface area contributed by atoms with Gasteiger partial charge in [-0.15, -0.1) is 0 Å². The number of carbonyl (C=O) groups is 1. The van der Waals surface area contributed by atoms with Crippen molar-refractivity contribution in [2.45, 2.75) is 76.9 Å². The number of hydrogen-bond donors (Lipinski definition) is 1. The van der Waals surface area contributed by atoms with Crippen LogP contribution in [0.1, 0.15) is 63.9 Å². The Hall–Kier alpha value is -1.59. The second-order valence-corrected chi connectivity index (χ2v) is 8.68. The molecule has 1 N–H and O–H groups in total. The van der Waals surface area contributed by atoms with Crippen LogP contribution in [0.5, 0.6) is 5.75 Å². The van der Waals surface area contributed by atoms with Crippen LogP contribution < -0.4 is 15.0 Å². The van der Waals surface area contributed by atoms with Gasteiger partial charge in [0.15, 0.2) is 0 Å². The van der Waals surface area contributed by atoms with Gasteiger partial charge in [0.25, 0.3) is 0 Å². The topological polar surface area (TPSA) is 44.8 Å². The highest BCUT2D eigenvalue weighted by atomic mass is 16.5. The van der Waals surface area contributed by atoms with Crippen LogP contribution in [0.15, 0.2) is 18.2 Å². The molecule has 2 aliphatic heterocycles. The van der Waals surface area contributed by atoms with Crippen LogP contribution in [-0.4, -0.2) is 49.1 Å². The van der Waals surface area contributed by atoms with Gasteiger partial charge in [0.2, 0.25) is 5.91 Å². The maximum Gasteiger partial charge on any atom is 0.227 e. The molecule has 1 atom stereocenters. The molecule has 3 fully saturated rings. The van der Waals surface area contributed by atoms with E-state index in [4.69, 9.17) is 4.74 Å². The molecule has 5 nitrogen and oxygen atoms in total. The Balaban J connectivity index is 1.36. The van der Waals surface area contributed by atoms with E-state index in [9.17, 15) is 4.79 Å². The van der Waals surface area contributed by atoms with Crippen molar-refractivity contribution in [1.29, 1.82) is 0 Å². The molecule has 1 amide bonds. The Labute approximate surface area is 169 Å². The standard InChI is InChI=1S/C23H35N3O2/c1-18-6-3-12-25(18)13-5-15-28-22-11-10-21(26-14-4-9-23(26)27)16-19(22)17-24-20-7-2-8-20/h10-11,16,18,20,24H,2-9,12-15,17H2,1H3. The third-order valence-corrected chi connectivity index (χ3v) is 6.65. The molecule has 2 saturated heterocycles. The number of amides is 1. The fraction of sp³-hybridized carbons (Fsp3) is 0.696. The van der Waals surface area contributed by atoms with E-state index < -0.39 is 0 Å². The lowest BCUT2D eigenvalue weighted by atomic mass is 9.93. The molecule has 0 bridgehead atoms. The molecule has 1 aromatic rings. The number of anilines is 1. The lowest BCUT2D eigenvalue weighted by Gasteiger charge is -2.27. The minimum absolute atomic E-state index is 0.242. The molecular formula is C23H35N3O2. The van der Waals surface area contributed by atoms with Crippen LogP contribution in [0.2, 0.25) is 0 Å². The maximum absolute atomic E-state index is 12.1. The summed E-state index contributed by atoms with van der Waals surface area (Å²) >= 11 is 0. The Morgan fingerprint density at radius 1 is 1.14 bits per heavy atom. The summed E-state index contributed by atoms with van der Waals surface area (Å²) in [5.41, 5.74) is 2.20. The van der Waals surface area contributed by atoms with E-state index in [0.29, 0.717) is 12.5 Å². The highest BCUT2D eigenvalue weighted by molar-refractivity contribution is 5.95. The Morgan fingerprint density at radius 3 is 2.71 bits per heavy atom. The first-order valence-corrected chi connectivity index (χ1v) is 11.2. The first kappa shape index (κ1) is 19.7. The van der Waals surface area contributed by atoms with Crippen molar-refractivity contribution in [1.82, 2.24) is 10.2 Å². The molecule has 1 aromatic carbocycles. The van der Waals surface area contributed by atoms with Gasteiger partial charge in [-0.2, -0.15) is 0 Å². The van der Waals surface area contributed by atoms with E-state index in [2.05, 4.69) is 29.3 Å². The van der Waals surface area contributed by atoms with E-state index in [0.717, 1.165) is 56.6 Å². The van der Waals surface area contributed by atoms with E-state index in [-0.39, 0.29) is 5.91 Å². The molecule has 28 heavy (non-hydrogen) atoms. The van der Waals surface area contributed by atoms with E-state index in [1.165, 1.54) is 44.2 Å². The second-order valence-electron chi connectivity index (χ2n) is 8.68. The van der Waals surface area contributed by atoms with E-state index in [1.807, 2.05) is 11.0 Å². The molecule has 1 unspecified atom stereocenters. The van der Waals surface area contributed by atoms with Gasteiger partial charge in [0, 0.05) is 49.4 Å². The number of nitrogens with zero attached hydrogens (tertiary/aromatic N) is 2. The van der Waals surface area contributed by atoms with Crippen molar-refractivity contribution in [2.75, 3.05) is 31.1 Å². The third kappa shape index (κ3) is 4.69. The molecule has 2 heterocycles. The summed E-state index contributed by atoms with van der Waals surface area (Å²) < 4.78 is 6.19. The van der Waals surface area contributed by atoms with Gasteiger partial charge < -0.3 is 19.9 Å². The number of carbonyl (C=O) groups excluding carboxylic acids is 1. The molecule has 0 radical (unpaired) electrons. The van der Waals surface area contributed by atoms with Gasteiger partial charge in [0.05, 0.1) is 6.61 Å². The van der Waals surface area contributed by atoms with Gasteiger partial charge in [-0.25, -0.2) is 0 Å². The zero-order valence-electron chi connectivity index (χ0n) is 17.3. The normalized spacial score (nSPS) is 23.4. The fourth-order valence-corrected chi connectivity index (χ4v) is 4.58. The van der Waals surface area contributed by atoms with Gasteiger partial charge in [-0.05, 0) is 70.2 Å². The molecule has 5 heteroatoms. The van der Waals surface area contributed by atoms with Crippen molar-refractivity contribution >= 4 is 11.6 Å². The van der Waals surface area contributed by atoms with E-state index in [1.54, 1.807) is 0 Å². The molecule has 1 saturated carbocycles. The number of ether oxygens (including phenoxy) is 1. The third-order valence-electron chi connectivity index (χ3n) is 6.65. The quantitative estimate of drug-likeness (QED) is 0.658. The zero-order valence-corrected chi connectivity index (χ0v) is 17.3. The summed E-state index contributed by atoms with van der Waals surface area (Å²) in [5.74, 6) is 1.21. The van der Waals surface area contributed by atoms with Crippen molar-refractivity contribution < 1.29 is 9.53 Å². The summed E-state index contributed by atoms with van der Waals surface area (Å²) in [6.07, 6.45) is 9.22. The molecule has 4 rings (SSSR count). The Bertz CT molecular complexity index is 674. The molecular weight excluding hydrogens is 350 g/mol. The van der Waals surface area contributed by atoms with Crippen LogP contribution in [-0.2, 0) is 11.3 Å². The van der Waals surface area contributed by atoms with Crippen LogP contribution in [0.4, 0.5) is 5.69 Å². The van der Waals surface area contributed by atoms with E-state index >= 15 is 0 Å². The lowest BCUT2D eigenvalue weighted by molar-refractivity contribution is -0.117. The summed E-state index contributed by atoms with van der Waals surface area (Å²) in [7, 11) is 0. The number of benzene rings is 1. The van der Waals surface area contributed by atoms with Crippen LogP contribution in [0.3, 0.4) is 0 Å². The predicted molar refractivity (Wildman–Crippen MR) is 113 cm³/mol. The zero-order chi connectivity index (χ0) is 19.3. The first-order chi connectivity index (χ1) is 13.7. The SMILES string of the molecule is CC1CCCN1CCCOc1ccc(N2CCCC2=O)cc1CNC1CCC1. The molecule has 0 spiro atoms. The Kier molecular flexibility index (Phi) is 6.53. The minimum atomic E-state index is 0.242. The average molecular weight is 386 g/mol. The van der Waals surface area contributed by atoms with Crippen molar-refractivity contribution in [3.63, 3.8) is 0 Å². The largest absolute Gasteiger partial charge is 0.493 e. The van der Waals surface area contributed by atoms with Crippen LogP contribution in [0.25, 0.3) is 0 Å². The predicted octanol–water partition coefficient (Wildman–Crippen LogP) is 3.71. The average Bonchev–Trinajstić information content (AvgIpc) is 3.26. The van der Waals surface area contributed by atoms with Crippen molar-refractivity contribution in [2.24, 2.45) is 0 Å². The summed E-state index contributed by atoms with van der Waals surface area (Å²) in [5, 5.41) is 3.65. The maximum atomic E-state index is 12.1. The van der Waals surface area contributed by atoms with Crippen LogP contribution >= 0.6 is 0 Å². The van der Waals surface area contributed by atoms with Gasteiger partial charge in [0.1, 0.15) is 5.75 Å². The van der Waals surface area contributed by atoms with Gasteiger partial charge in [-0.1, -0.05) is 6.42 Å². The number of hydrogen-bond acceptors (Lipinski definition) is 4. The monoisotopic (exact) mass is 385 g/mol. The highest BCUT2D eigenvalue weighted by Gasteiger charge is 2.23. The first-order valence-electron chi connectivity index (χ1n) is 11.2.